The van der Waals surface area contributed by atoms with Gasteiger partial charge < -0.3 is 25.6 Å². The Balaban J connectivity index is 1.67. The van der Waals surface area contributed by atoms with E-state index in [0.29, 0.717) is 26.2 Å². The average Bonchev–Trinajstić information content (AvgIpc) is 2.71. The third-order valence-corrected chi connectivity index (χ3v) is 5.23. The van der Waals surface area contributed by atoms with E-state index in [4.69, 9.17) is 22.1 Å². The highest BCUT2D eigenvalue weighted by Crippen LogP contribution is 2.29. The van der Waals surface area contributed by atoms with Gasteiger partial charge in [-0.3, -0.25) is 0 Å². The van der Waals surface area contributed by atoms with E-state index in [1.165, 1.54) is 0 Å². The third kappa shape index (κ3) is 5.80. The summed E-state index contributed by atoms with van der Waals surface area (Å²) in [5.74, 6) is 0. The van der Waals surface area contributed by atoms with Crippen molar-refractivity contribution in [1.82, 2.24) is 4.90 Å². The van der Waals surface area contributed by atoms with Crippen molar-refractivity contribution in [2.75, 3.05) is 36.4 Å². The molecule has 1 saturated heterocycles. The standard InChI is InChI=1S/C23H31ClN4O2/c1-23(2,3)30-22(29)28-12-10-27(11-13-28)21-9-5-8-20(19(21)15-25)26-16-17-6-4-7-18(24)14-17/h4-9,14,26H,10-13,15-16,25H2,1-3H3. The highest BCUT2D eigenvalue weighted by atomic mass is 35.5. The first kappa shape index (κ1) is 22.2. The molecule has 30 heavy (non-hydrogen) atoms. The quantitative estimate of drug-likeness (QED) is 0.732. The van der Waals surface area contributed by atoms with Gasteiger partial charge in [0.05, 0.1) is 0 Å². The minimum atomic E-state index is -0.482. The fraction of sp³-hybridized carbons (Fsp3) is 0.435. The molecule has 0 bridgehead atoms. The SMILES string of the molecule is CC(C)(C)OC(=O)N1CCN(c2cccc(NCc3cccc(Cl)c3)c2CN)CC1. The van der Waals surface area contributed by atoms with Gasteiger partial charge in [-0.1, -0.05) is 29.8 Å². The van der Waals surface area contributed by atoms with Gasteiger partial charge in [0.2, 0.25) is 0 Å². The number of carbonyl (C=O) groups excluding carboxylic acids is 1. The Bertz CT molecular complexity index is 874. The predicted octanol–water partition coefficient (Wildman–Crippen LogP) is 4.47. The number of hydrogen-bond acceptors (Lipinski definition) is 5. The number of nitrogens with zero attached hydrogens (tertiary/aromatic N) is 2. The van der Waals surface area contributed by atoms with Crippen LogP contribution in [0.3, 0.4) is 0 Å². The van der Waals surface area contributed by atoms with Crippen LogP contribution >= 0.6 is 11.6 Å². The fourth-order valence-electron chi connectivity index (χ4n) is 3.55. The van der Waals surface area contributed by atoms with Crippen molar-refractivity contribution < 1.29 is 9.53 Å². The summed E-state index contributed by atoms with van der Waals surface area (Å²) in [4.78, 5) is 16.4. The summed E-state index contributed by atoms with van der Waals surface area (Å²) in [5, 5.41) is 4.22. The van der Waals surface area contributed by atoms with Crippen molar-refractivity contribution in [2.45, 2.75) is 39.5 Å². The van der Waals surface area contributed by atoms with Crippen molar-refractivity contribution in [3.05, 3.63) is 58.6 Å². The zero-order valence-electron chi connectivity index (χ0n) is 18.0. The Labute approximate surface area is 183 Å². The number of rotatable bonds is 5. The Morgan fingerprint density at radius 2 is 1.83 bits per heavy atom. The maximum Gasteiger partial charge on any atom is 0.410 e. The lowest BCUT2D eigenvalue weighted by Crippen LogP contribution is -2.50. The largest absolute Gasteiger partial charge is 0.444 e. The first-order chi connectivity index (χ1) is 14.3. The molecule has 1 amide bonds. The summed E-state index contributed by atoms with van der Waals surface area (Å²) in [7, 11) is 0. The monoisotopic (exact) mass is 430 g/mol. The number of ether oxygens (including phenoxy) is 1. The van der Waals surface area contributed by atoms with E-state index in [-0.39, 0.29) is 6.09 Å². The molecule has 6 nitrogen and oxygen atoms in total. The van der Waals surface area contributed by atoms with E-state index in [1.54, 1.807) is 4.90 Å². The second kappa shape index (κ2) is 9.58. The molecular formula is C23H31ClN4O2. The Hall–Kier alpha value is -2.44. The highest BCUT2D eigenvalue weighted by Gasteiger charge is 2.26. The summed E-state index contributed by atoms with van der Waals surface area (Å²) in [6.07, 6.45) is -0.252. The van der Waals surface area contributed by atoms with Crippen molar-refractivity contribution in [2.24, 2.45) is 5.73 Å². The summed E-state index contributed by atoms with van der Waals surface area (Å²) < 4.78 is 5.49. The molecular weight excluding hydrogens is 400 g/mol. The van der Waals surface area contributed by atoms with Gasteiger partial charge >= 0.3 is 6.09 Å². The van der Waals surface area contributed by atoms with Crippen molar-refractivity contribution in [3.8, 4) is 0 Å². The first-order valence-corrected chi connectivity index (χ1v) is 10.7. The van der Waals surface area contributed by atoms with E-state index in [0.717, 1.165) is 40.6 Å². The number of benzene rings is 2. The molecule has 162 valence electrons. The number of piperazine rings is 1. The Kier molecular flexibility index (Phi) is 7.10. The fourth-order valence-corrected chi connectivity index (χ4v) is 3.76. The van der Waals surface area contributed by atoms with Gasteiger partial charge in [0.1, 0.15) is 5.60 Å². The number of nitrogens with one attached hydrogen (secondary N) is 1. The van der Waals surface area contributed by atoms with Gasteiger partial charge in [-0.25, -0.2) is 4.79 Å². The van der Waals surface area contributed by atoms with E-state index >= 15 is 0 Å². The maximum absolute atomic E-state index is 12.3. The van der Waals surface area contributed by atoms with Crippen molar-refractivity contribution in [1.29, 1.82) is 0 Å². The molecule has 0 spiro atoms. The minimum Gasteiger partial charge on any atom is -0.444 e. The normalized spacial score (nSPS) is 14.6. The predicted molar refractivity (Wildman–Crippen MR) is 123 cm³/mol. The lowest BCUT2D eigenvalue weighted by Gasteiger charge is -2.37. The summed E-state index contributed by atoms with van der Waals surface area (Å²) >= 11 is 6.09. The van der Waals surface area contributed by atoms with Crippen LogP contribution in [0.5, 0.6) is 0 Å². The van der Waals surface area contributed by atoms with Crippen molar-refractivity contribution >= 4 is 29.1 Å². The number of anilines is 2. The number of amides is 1. The van der Waals surface area contributed by atoms with Crippen LogP contribution in [0.4, 0.5) is 16.2 Å². The van der Waals surface area contributed by atoms with Gasteiger partial charge in [-0.15, -0.1) is 0 Å². The maximum atomic E-state index is 12.3. The van der Waals surface area contributed by atoms with Crippen LogP contribution in [0.15, 0.2) is 42.5 Å². The third-order valence-electron chi connectivity index (χ3n) is 5.00. The number of halogens is 1. The van der Waals surface area contributed by atoms with Gasteiger partial charge in [0, 0.05) is 61.2 Å². The lowest BCUT2D eigenvalue weighted by molar-refractivity contribution is 0.0240. The van der Waals surface area contributed by atoms with E-state index < -0.39 is 5.60 Å². The van der Waals surface area contributed by atoms with Crippen LogP contribution in [0, 0.1) is 0 Å². The molecule has 1 aliphatic heterocycles. The minimum absolute atomic E-state index is 0.252. The number of carbonyl (C=O) groups is 1. The number of hydrogen-bond donors (Lipinski definition) is 2. The molecule has 0 aromatic heterocycles. The summed E-state index contributed by atoms with van der Waals surface area (Å²) in [6, 6.07) is 14.0. The van der Waals surface area contributed by atoms with Crippen molar-refractivity contribution in [3.63, 3.8) is 0 Å². The van der Waals surface area contributed by atoms with Crippen LogP contribution in [0.25, 0.3) is 0 Å². The average molecular weight is 431 g/mol. The molecule has 0 atom stereocenters. The first-order valence-electron chi connectivity index (χ1n) is 10.3. The Morgan fingerprint density at radius 3 is 2.47 bits per heavy atom. The zero-order chi connectivity index (χ0) is 21.7. The van der Waals surface area contributed by atoms with Crippen LogP contribution in [-0.4, -0.2) is 42.8 Å². The molecule has 0 saturated carbocycles. The second-order valence-electron chi connectivity index (χ2n) is 8.45. The lowest BCUT2D eigenvalue weighted by atomic mass is 10.1. The second-order valence-corrected chi connectivity index (χ2v) is 8.88. The molecule has 2 aromatic carbocycles. The smallest absolute Gasteiger partial charge is 0.410 e. The molecule has 2 aromatic rings. The molecule has 1 aliphatic rings. The zero-order valence-corrected chi connectivity index (χ0v) is 18.7. The van der Waals surface area contributed by atoms with Gasteiger partial charge in [-0.2, -0.15) is 0 Å². The molecule has 3 N–H and O–H groups in total. The molecule has 0 unspecified atom stereocenters. The van der Waals surface area contributed by atoms with Crippen LogP contribution in [-0.2, 0) is 17.8 Å². The summed E-state index contributed by atoms with van der Waals surface area (Å²) in [5.41, 5.74) is 9.96. The molecule has 1 fully saturated rings. The van der Waals surface area contributed by atoms with E-state index in [9.17, 15) is 4.79 Å². The van der Waals surface area contributed by atoms with Gasteiger partial charge in [-0.05, 0) is 50.6 Å². The molecule has 0 radical (unpaired) electrons. The Morgan fingerprint density at radius 1 is 1.13 bits per heavy atom. The number of nitrogens with two attached hydrogens (primary N) is 1. The van der Waals surface area contributed by atoms with Crippen LogP contribution < -0.4 is 16.0 Å². The highest BCUT2D eigenvalue weighted by molar-refractivity contribution is 6.30. The molecule has 0 aliphatic carbocycles. The van der Waals surface area contributed by atoms with Gasteiger partial charge in [0.15, 0.2) is 0 Å². The summed E-state index contributed by atoms with van der Waals surface area (Å²) in [6.45, 7) is 9.49. The van der Waals surface area contributed by atoms with E-state index in [1.807, 2.05) is 57.2 Å². The molecule has 3 rings (SSSR count). The molecule has 1 heterocycles. The molecule has 7 heteroatoms. The van der Waals surface area contributed by atoms with E-state index in [2.05, 4.69) is 16.3 Å². The van der Waals surface area contributed by atoms with Crippen LogP contribution in [0.1, 0.15) is 31.9 Å². The topological polar surface area (TPSA) is 70.8 Å². The van der Waals surface area contributed by atoms with Crippen LogP contribution in [0.2, 0.25) is 5.02 Å². The van der Waals surface area contributed by atoms with Gasteiger partial charge in [0.25, 0.3) is 0 Å².